The van der Waals surface area contributed by atoms with Crippen molar-refractivity contribution in [1.29, 1.82) is 0 Å². The Kier molecular flexibility index (Phi) is 4.55. The molecule has 0 aliphatic carbocycles. The van der Waals surface area contributed by atoms with E-state index in [1.807, 2.05) is 12.1 Å². The first-order chi connectivity index (χ1) is 9.47. The fourth-order valence-electron chi connectivity index (χ4n) is 2.13. The normalized spacial score (nSPS) is 10.7. The number of anilines is 1. The zero-order valence-corrected chi connectivity index (χ0v) is 13.4. The molecule has 1 aromatic carbocycles. The molecule has 0 aliphatic rings. The number of nitrogens with zero attached hydrogens (tertiary/aromatic N) is 1. The Labute approximate surface area is 127 Å². The van der Waals surface area contributed by atoms with Gasteiger partial charge in [0.1, 0.15) is 5.69 Å². The van der Waals surface area contributed by atoms with E-state index in [2.05, 4.69) is 53.1 Å². The van der Waals surface area contributed by atoms with Crippen molar-refractivity contribution < 1.29 is 4.79 Å². The van der Waals surface area contributed by atoms with Crippen molar-refractivity contribution in [1.82, 2.24) is 4.98 Å². The van der Waals surface area contributed by atoms with Crippen LogP contribution in [0.2, 0.25) is 0 Å². The first-order valence-electron chi connectivity index (χ1n) is 6.51. The van der Waals surface area contributed by atoms with Gasteiger partial charge in [-0.2, -0.15) is 0 Å². The molecule has 1 aromatic heterocycles. The average Bonchev–Trinajstić information content (AvgIpc) is 2.38. The van der Waals surface area contributed by atoms with Crippen molar-refractivity contribution >= 4 is 27.5 Å². The minimum atomic E-state index is -0.206. The van der Waals surface area contributed by atoms with Crippen LogP contribution in [-0.4, -0.2) is 10.9 Å². The molecule has 1 heterocycles. The molecule has 0 aliphatic heterocycles. The van der Waals surface area contributed by atoms with Crippen molar-refractivity contribution in [2.24, 2.45) is 0 Å². The smallest absolute Gasteiger partial charge is 0.274 e. The third-order valence-electron chi connectivity index (χ3n) is 3.10. The van der Waals surface area contributed by atoms with Crippen LogP contribution in [0.5, 0.6) is 0 Å². The van der Waals surface area contributed by atoms with Gasteiger partial charge < -0.3 is 5.32 Å². The quantitative estimate of drug-likeness (QED) is 0.897. The number of carbonyl (C=O) groups excluding carboxylic acids is 1. The molecule has 0 spiro atoms. The number of rotatable bonds is 3. The van der Waals surface area contributed by atoms with Gasteiger partial charge in [0.05, 0.1) is 0 Å². The highest BCUT2D eigenvalue weighted by Crippen LogP contribution is 2.22. The molecule has 0 atom stereocenters. The Morgan fingerprint density at radius 1 is 1.25 bits per heavy atom. The fraction of sp³-hybridized carbons (Fsp3) is 0.250. The van der Waals surface area contributed by atoms with E-state index in [0.29, 0.717) is 11.6 Å². The van der Waals surface area contributed by atoms with Gasteiger partial charge in [-0.05, 0) is 48.2 Å². The van der Waals surface area contributed by atoms with Gasteiger partial charge in [0.15, 0.2) is 0 Å². The predicted molar refractivity (Wildman–Crippen MR) is 85.2 cm³/mol. The van der Waals surface area contributed by atoms with Crippen molar-refractivity contribution in [3.05, 3.63) is 57.8 Å². The van der Waals surface area contributed by atoms with Crippen LogP contribution in [0.25, 0.3) is 0 Å². The van der Waals surface area contributed by atoms with Crippen LogP contribution in [0, 0.1) is 6.92 Å². The molecule has 0 unspecified atom stereocenters. The molecule has 4 heteroatoms. The van der Waals surface area contributed by atoms with E-state index in [-0.39, 0.29) is 5.91 Å². The Balaban J connectivity index is 2.18. The molecule has 2 aromatic rings. The van der Waals surface area contributed by atoms with Gasteiger partial charge in [-0.15, -0.1) is 0 Å². The van der Waals surface area contributed by atoms with Crippen LogP contribution in [0.15, 0.2) is 41.0 Å². The highest BCUT2D eigenvalue weighted by molar-refractivity contribution is 9.10. The fourth-order valence-corrected chi connectivity index (χ4v) is 2.46. The molecule has 104 valence electrons. The topological polar surface area (TPSA) is 42.0 Å². The Bertz CT molecular complexity index is 638. The Hall–Kier alpha value is -1.68. The number of hydrogen-bond donors (Lipinski definition) is 1. The van der Waals surface area contributed by atoms with E-state index in [4.69, 9.17) is 0 Å². The maximum absolute atomic E-state index is 12.1. The van der Waals surface area contributed by atoms with E-state index in [1.165, 1.54) is 11.1 Å². The van der Waals surface area contributed by atoms with Crippen molar-refractivity contribution in [2.75, 3.05) is 5.32 Å². The van der Waals surface area contributed by atoms with Crippen LogP contribution >= 0.6 is 15.9 Å². The minimum absolute atomic E-state index is 0.206. The van der Waals surface area contributed by atoms with Crippen LogP contribution in [-0.2, 0) is 0 Å². The van der Waals surface area contributed by atoms with Gasteiger partial charge in [-0.3, -0.25) is 9.78 Å². The summed E-state index contributed by atoms with van der Waals surface area (Å²) < 4.78 is 0.837. The second kappa shape index (κ2) is 6.18. The van der Waals surface area contributed by atoms with Crippen LogP contribution in [0.4, 0.5) is 5.69 Å². The van der Waals surface area contributed by atoms with Crippen LogP contribution in [0.3, 0.4) is 0 Å². The van der Waals surface area contributed by atoms with E-state index in [9.17, 15) is 4.79 Å². The SMILES string of the molecule is Cc1cc(NC(=O)c2cc(Br)ccn2)ccc1C(C)C. The number of carbonyl (C=O) groups is 1. The summed E-state index contributed by atoms with van der Waals surface area (Å²) >= 11 is 3.33. The van der Waals surface area contributed by atoms with Crippen molar-refractivity contribution in [2.45, 2.75) is 26.7 Å². The first kappa shape index (κ1) is 14.7. The van der Waals surface area contributed by atoms with Gasteiger partial charge in [0, 0.05) is 16.4 Å². The monoisotopic (exact) mass is 332 g/mol. The summed E-state index contributed by atoms with van der Waals surface area (Å²) in [5.74, 6) is 0.273. The maximum atomic E-state index is 12.1. The molecule has 3 nitrogen and oxygen atoms in total. The summed E-state index contributed by atoms with van der Waals surface area (Å²) in [5.41, 5.74) is 3.66. The zero-order chi connectivity index (χ0) is 14.7. The van der Waals surface area contributed by atoms with Crippen molar-refractivity contribution in [3.8, 4) is 0 Å². The minimum Gasteiger partial charge on any atom is -0.321 e. The largest absolute Gasteiger partial charge is 0.321 e. The second-order valence-electron chi connectivity index (χ2n) is 5.04. The summed E-state index contributed by atoms with van der Waals surface area (Å²) in [6.07, 6.45) is 1.60. The number of hydrogen-bond acceptors (Lipinski definition) is 2. The van der Waals surface area contributed by atoms with Gasteiger partial charge in [0.2, 0.25) is 0 Å². The summed E-state index contributed by atoms with van der Waals surface area (Å²) in [4.78, 5) is 16.2. The summed E-state index contributed by atoms with van der Waals surface area (Å²) in [6.45, 7) is 6.38. The lowest BCUT2D eigenvalue weighted by Crippen LogP contribution is -2.13. The molecule has 1 N–H and O–H groups in total. The number of amides is 1. The third-order valence-corrected chi connectivity index (χ3v) is 3.60. The van der Waals surface area contributed by atoms with Gasteiger partial charge in [-0.1, -0.05) is 35.8 Å². The zero-order valence-electron chi connectivity index (χ0n) is 11.8. The standard InChI is InChI=1S/C16H17BrN2O/c1-10(2)14-5-4-13(8-11(14)3)19-16(20)15-9-12(17)6-7-18-15/h4-10H,1-3H3,(H,19,20). The second-order valence-corrected chi connectivity index (χ2v) is 5.96. The molecule has 2 rings (SSSR count). The first-order valence-corrected chi connectivity index (χ1v) is 7.30. The van der Waals surface area contributed by atoms with Gasteiger partial charge in [0.25, 0.3) is 5.91 Å². The van der Waals surface area contributed by atoms with E-state index >= 15 is 0 Å². The Morgan fingerprint density at radius 3 is 2.60 bits per heavy atom. The van der Waals surface area contributed by atoms with E-state index in [0.717, 1.165) is 10.2 Å². The number of aryl methyl sites for hydroxylation is 1. The molecule has 0 saturated carbocycles. The summed E-state index contributed by atoms with van der Waals surface area (Å²) in [6, 6.07) is 9.47. The molecular formula is C16H17BrN2O. The lowest BCUT2D eigenvalue weighted by molar-refractivity contribution is 0.102. The van der Waals surface area contributed by atoms with Gasteiger partial charge >= 0.3 is 0 Å². The number of pyridine rings is 1. The average molecular weight is 333 g/mol. The molecule has 1 amide bonds. The third kappa shape index (κ3) is 3.45. The molecule has 0 bridgehead atoms. The van der Waals surface area contributed by atoms with Crippen LogP contribution in [0.1, 0.15) is 41.4 Å². The number of halogens is 1. The predicted octanol–water partition coefficient (Wildman–Crippen LogP) is 4.53. The lowest BCUT2D eigenvalue weighted by Gasteiger charge is -2.12. The number of nitrogens with one attached hydrogen (secondary N) is 1. The molecule has 20 heavy (non-hydrogen) atoms. The summed E-state index contributed by atoms with van der Waals surface area (Å²) in [7, 11) is 0. The molecule has 0 fully saturated rings. The number of aromatic nitrogens is 1. The van der Waals surface area contributed by atoms with Gasteiger partial charge in [-0.25, -0.2) is 0 Å². The Morgan fingerprint density at radius 2 is 2.00 bits per heavy atom. The molecule has 0 saturated heterocycles. The van der Waals surface area contributed by atoms with E-state index in [1.54, 1.807) is 18.3 Å². The number of benzene rings is 1. The highest BCUT2D eigenvalue weighted by atomic mass is 79.9. The summed E-state index contributed by atoms with van der Waals surface area (Å²) in [5, 5.41) is 2.87. The maximum Gasteiger partial charge on any atom is 0.274 e. The molecule has 0 radical (unpaired) electrons. The lowest BCUT2D eigenvalue weighted by atomic mass is 9.98. The highest BCUT2D eigenvalue weighted by Gasteiger charge is 2.09. The van der Waals surface area contributed by atoms with Crippen molar-refractivity contribution in [3.63, 3.8) is 0 Å². The molecular weight excluding hydrogens is 316 g/mol. The van der Waals surface area contributed by atoms with E-state index < -0.39 is 0 Å². The van der Waals surface area contributed by atoms with Crippen LogP contribution < -0.4 is 5.32 Å².